The molecule has 1 fully saturated rings. The van der Waals surface area contributed by atoms with Crippen molar-refractivity contribution in [1.29, 1.82) is 0 Å². The van der Waals surface area contributed by atoms with E-state index in [1.54, 1.807) is 27.7 Å². The molecule has 1 heterocycles. The molecule has 164 valence electrons. The Morgan fingerprint density at radius 1 is 0.897 bits per heavy atom. The van der Waals surface area contributed by atoms with Crippen molar-refractivity contribution < 1.29 is 13.2 Å². The average molecular weight is 423 g/mol. The normalized spacial score (nSPS) is 15.6. The molecule has 6 heteroatoms. The number of hydrogen-bond acceptors (Lipinski definition) is 4. The van der Waals surface area contributed by atoms with Crippen LogP contribution in [0.2, 0.25) is 0 Å². The molecule has 1 amide bonds. The fourth-order valence-corrected chi connectivity index (χ4v) is 4.81. The monoisotopic (exact) mass is 422 g/mol. The van der Waals surface area contributed by atoms with Crippen molar-refractivity contribution in [2.24, 2.45) is 0 Å². The highest BCUT2D eigenvalue weighted by Gasteiger charge is 2.27. The molecule has 1 aromatic carbocycles. The summed E-state index contributed by atoms with van der Waals surface area (Å²) in [5, 5.41) is 0. The van der Waals surface area contributed by atoms with Gasteiger partial charge in [0.2, 0.25) is 5.91 Å². The number of amides is 1. The van der Waals surface area contributed by atoms with Gasteiger partial charge in [0.05, 0.1) is 10.5 Å². The molecule has 0 aliphatic carbocycles. The predicted molar refractivity (Wildman–Crippen MR) is 121 cm³/mol. The third-order valence-electron chi connectivity index (χ3n) is 5.84. The summed E-state index contributed by atoms with van der Waals surface area (Å²) < 4.78 is 23.5. The summed E-state index contributed by atoms with van der Waals surface area (Å²) in [7, 11) is -2.98. The van der Waals surface area contributed by atoms with Crippen LogP contribution in [0.3, 0.4) is 0 Å². The number of aryl methyl sites for hydroxylation is 1. The Kier molecular flexibility index (Phi) is 8.56. The molecule has 0 unspecified atom stereocenters. The fourth-order valence-electron chi connectivity index (χ4n) is 3.61. The molecular formula is C23H38N2O3S. The number of anilines is 1. The van der Waals surface area contributed by atoms with Crippen LogP contribution in [-0.4, -0.2) is 55.9 Å². The number of piperazine rings is 1. The minimum atomic E-state index is -2.98. The van der Waals surface area contributed by atoms with E-state index in [4.69, 9.17) is 0 Å². The first-order chi connectivity index (χ1) is 13.6. The lowest BCUT2D eigenvalue weighted by Gasteiger charge is -2.35. The molecule has 0 spiro atoms. The molecule has 1 aliphatic heterocycles. The highest BCUT2D eigenvalue weighted by Crippen LogP contribution is 2.20. The molecule has 2 rings (SSSR count). The van der Waals surface area contributed by atoms with Gasteiger partial charge in [0.25, 0.3) is 0 Å². The summed E-state index contributed by atoms with van der Waals surface area (Å²) in [4.78, 5) is 15.7. The van der Waals surface area contributed by atoms with Crippen molar-refractivity contribution in [3.63, 3.8) is 0 Å². The third-order valence-corrected chi connectivity index (χ3v) is 8.53. The standard InChI is InChI=1S/C23H38N2O3S/c1-20(26)24-15-17-25(18-16-24)22-13-11-21(12-14-22)10-8-6-5-7-9-19-29(27,28)23(2,3)4/h11-14H,5-10,15-19H2,1-4H3. The van der Waals surface area contributed by atoms with E-state index >= 15 is 0 Å². The third kappa shape index (κ3) is 7.32. The number of hydrogen-bond donors (Lipinski definition) is 0. The zero-order valence-corrected chi connectivity index (χ0v) is 19.4. The molecular weight excluding hydrogens is 384 g/mol. The van der Waals surface area contributed by atoms with Gasteiger partial charge >= 0.3 is 0 Å². The van der Waals surface area contributed by atoms with Gasteiger partial charge in [0.1, 0.15) is 0 Å². The summed E-state index contributed by atoms with van der Waals surface area (Å²) in [5.41, 5.74) is 2.59. The van der Waals surface area contributed by atoms with Crippen molar-refractivity contribution >= 4 is 21.4 Å². The number of sulfone groups is 1. The van der Waals surface area contributed by atoms with Crippen LogP contribution < -0.4 is 4.90 Å². The zero-order valence-electron chi connectivity index (χ0n) is 18.6. The topological polar surface area (TPSA) is 57.7 Å². The van der Waals surface area contributed by atoms with Crippen LogP contribution in [0.15, 0.2) is 24.3 Å². The van der Waals surface area contributed by atoms with Gasteiger partial charge in [-0.1, -0.05) is 31.4 Å². The second kappa shape index (κ2) is 10.5. The largest absolute Gasteiger partial charge is 0.368 e. The smallest absolute Gasteiger partial charge is 0.219 e. The zero-order chi connectivity index (χ0) is 21.5. The molecule has 0 saturated carbocycles. The quantitative estimate of drug-likeness (QED) is 0.563. The number of carbonyl (C=O) groups excluding carboxylic acids is 1. The van der Waals surface area contributed by atoms with E-state index in [9.17, 15) is 13.2 Å². The van der Waals surface area contributed by atoms with Crippen LogP contribution in [0.1, 0.15) is 65.4 Å². The fraction of sp³-hybridized carbons (Fsp3) is 0.696. The summed E-state index contributed by atoms with van der Waals surface area (Å²) >= 11 is 0. The number of unbranched alkanes of at least 4 members (excludes halogenated alkanes) is 4. The van der Waals surface area contributed by atoms with E-state index in [2.05, 4.69) is 29.2 Å². The van der Waals surface area contributed by atoms with E-state index in [0.29, 0.717) is 5.75 Å². The van der Waals surface area contributed by atoms with E-state index in [1.165, 1.54) is 11.3 Å². The minimum absolute atomic E-state index is 0.163. The maximum absolute atomic E-state index is 12.1. The van der Waals surface area contributed by atoms with Crippen LogP contribution in [0.5, 0.6) is 0 Å². The Bertz CT molecular complexity index is 743. The lowest BCUT2D eigenvalue weighted by atomic mass is 10.0. The van der Waals surface area contributed by atoms with E-state index < -0.39 is 14.6 Å². The molecule has 29 heavy (non-hydrogen) atoms. The van der Waals surface area contributed by atoms with Crippen LogP contribution in [-0.2, 0) is 21.1 Å². The van der Waals surface area contributed by atoms with Crippen LogP contribution in [0.4, 0.5) is 5.69 Å². The van der Waals surface area contributed by atoms with Crippen molar-refractivity contribution in [3.05, 3.63) is 29.8 Å². The molecule has 1 aliphatic rings. The Morgan fingerprint density at radius 3 is 2.00 bits per heavy atom. The summed E-state index contributed by atoms with van der Waals surface area (Å²) in [6.45, 7) is 10.4. The molecule has 0 N–H and O–H groups in total. The first kappa shape index (κ1) is 23.7. The van der Waals surface area contributed by atoms with Gasteiger partial charge in [-0.05, 0) is 57.7 Å². The number of carbonyl (C=O) groups is 1. The molecule has 0 aromatic heterocycles. The van der Waals surface area contributed by atoms with Gasteiger partial charge in [-0.2, -0.15) is 0 Å². The Balaban J connectivity index is 1.63. The van der Waals surface area contributed by atoms with E-state index in [1.807, 2.05) is 4.90 Å². The maximum Gasteiger partial charge on any atom is 0.219 e. The van der Waals surface area contributed by atoms with Crippen molar-refractivity contribution in [2.75, 3.05) is 36.8 Å². The number of benzene rings is 1. The van der Waals surface area contributed by atoms with Crippen molar-refractivity contribution in [1.82, 2.24) is 4.90 Å². The van der Waals surface area contributed by atoms with Gasteiger partial charge in [0, 0.05) is 38.8 Å². The summed E-state index contributed by atoms with van der Waals surface area (Å²) in [6.07, 6.45) is 6.20. The van der Waals surface area contributed by atoms with Gasteiger partial charge < -0.3 is 9.80 Å². The number of rotatable bonds is 9. The van der Waals surface area contributed by atoms with Gasteiger partial charge in [0.15, 0.2) is 9.84 Å². The first-order valence-electron chi connectivity index (χ1n) is 10.9. The number of nitrogens with zero attached hydrogens (tertiary/aromatic N) is 2. The van der Waals surface area contributed by atoms with Crippen LogP contribution >= 0.6 is 0 Å². The Labute approximate surface area is 177 Å². The summed E-state index contributed by atoms with van der Waals surface area (Å²) in [6, 6.07) is 8.80. The van der Waals surface area contributed by atoms with Gasteiger partial charge in [-0.3, -0.25) is 4.79 Å². The second-order valence-electron chi connectivity index (χ2n) is 9.11. The maximum atomic E-state index is 12.1. The Hall–Kier alpha value is -1.56. The minimum Gasteiger partial charge on any atom is -0.368 e. The van der Waals surface area contributed by atoms with E-state index in [0.717, 1.165) is 64.7 Å². The second-order valence-corrected chi connectivity index (χ2v) is 12.0. The van der Waals surface area contributed by atoms with Gasteiger partial charge in [-0.25, -0.2) is 8.42 Å². The lowest BCUT2D eigenvalue weighted by Crippen LogP contribution is -2.48. The van der Waals surface area contributed by atoms with Crippen molar-refractivity contribution in [2.45, 2.75) is 71.0 Å². The van der Waals surface area contributed by atoms with Crippen LogP contribution in [0, 0.1) is 0 Å². The molecule has 5 nitrogen and oxygen atoms in total. The molecule has 1 aromatic rings. The van der Waals surface area contributed by atoms with Crippen molar-refractivity contribution in [3.8, 4) is 0 Å². The highest BCUT2D eigenvalue weighted by molar-refractivity contribution is 7.92. The molecule has 1 saturated heterocycles. The van der Waals surface area contributed by atoms with Gasteiger partial charge in [-0.15, -0.1) is 0 Å². The average Bonchev–Trinajstić information content (AvgIpc) is 2.67. The lowest BCUT2D eigenvalue weighted by molar-refractivity contribution is -0.129. The highest BCUT2D eigenvalue weighted by atomic mass is 32.2. The Morgan fingerprint density at radius 2 is 1.45 bits per heavy atom. The molecule has 0 atom stereocenters. The van der Waals surface area contributed by atoms with E-state index in [-0.39, 0.29) is 5.91 Å². The summed E-state index contributed by atoms with van der Waals surface area (Å²) in [5.74, 6) is 0.467. The van der Waals surface area contributed by atoms with Crippen LogP contribution in [0.25, 0.3) is 0 Å². The molecule has 0 radical (unpaired) electrons. The predicted octanol–water partition coefficient (Wildman–Crippen LogP) is 4.06. The SMILES string of the molecule is CC(=O)N1CCN(c2ccc(CCCCCCCS(=O)(=O)C(C)(C)C)cc2)CC1. The molecule has 0 bridgehead atoms. The first-order valence-corrected chi connectivity index (χ1v) is 12.6.